The number of hydrogen-bond donors (Lipinski definition) is 3. The lowest BCUT2D eigenvalue weighted by Crippen LogP contribution is -2.59. The summed E-state index contributed by atoms with van der Waals surface area (Å²) in [7, 11) is 0. The van der Waals surface area contributed by atoms with Crippen LogP contribution in [0, 0.1) is 6.92 Å². The van der Waals surface area contributed by atoms with Gasteiger partial charge in [-0.3, -0.25) is 18.4 Å². The Hall–Kier alpha value is -4.36. The van der Waals surface area contributed by atoms with Gasteiger partial charge in [0.05, 0.1) is 26.0 Å². The number of imidazole rings is 1. The number of amides is 3. The predicted molar refractivity (Wildman–Crippen MR) is 176 cm³/mol. The molecule has 13 heteroatoms. The molecule has 1 aromatic heterocycles. The van der Waals surface area contributed by atoms with Crippen LogP contribution in [-0.2, 0) is 35.2 Å². The third kappa shape index (κ3) is 11.2. The molecule has 2 atom stereocenters. The average molecular weight is 654 g/mol. The molecular weight excluding hydrogens is 610 g/mol. The zero-order chi connectivity index (χ0) is 33.9. The predicted octanol–water partition coefficient (Wildman–Crippen LogP) is 4.94. The molecular formula is C33H43N5O7S. The highest BCUT2D eigenvalue weighted by Gasteiger charge is 2.35. The Kier molecular flexibility index (Phi) is 12.8. The highest BCUT2D eigenvalue weighted by atomic mass is 32.2. The SMILES string of the molecule is CCOC(=O)C(Sn1cc(NC(=O)[C@@H](COCc2ccccc2)NC(=O)C(C)(C)NC(=O)OC(C)(C)C)nc1C)c1ccccc1. The molecule has 0 bridgehead atoms. The van der Waals surface area contributed by atoms with E-state index in [1.54, 1.807) is 44.8 Å². The van der Waals surface area contributed by atoms with Crippen molar-refractivity contribution in [2.45, 2.75) is 77.5 Å². The van der Waals surface area contributed by atoms with Crippen LogP contribution in [0.3, 0.4) is 0 Å². The van der Waals surface area contributed by atoms with Gasteiger partial charge in [0.15, 0.2) is 5.82 Å². The Balaban J connectivity index is 1.76. The molecule has 0 aliphatic carbocycles. The van der Waals surface area contributed by atoms with Gasteiger partial charge in [-0.15, -0.1) is 0 Å². The maximum Gasteiger partial charge on any atom is 0.408 e. The number of alkyl carbamates (subject to hydrolysis) is 1. The molecule has 0 aliphatic rings. The minimum absolute atomic E-state index is 0.164. The fraction of sp³-hybridized carbons (Fsp3) is 0.424. The van der Waals surface area contributed by atoms with Gasteiger partial charge in [-0.25, -0.2) is 9.78 Å². The molecule has 1 unspecified atom stereocenters. The summed E-state index contributed by atoms with van der Waals surface area (Å²) in [6.45, 7) is 11.9. The van der Waals surface area contributed by atoms with E-state index in [1.807, 2.05) is 60.7 Å². The van der Waals surface area contributed by atoms with Crippen molar-refractivity contribution in [3.63, 3.8) is 0 Å². The van der Waals surface area contributed by atoms with Crippen LogP contribution < -0.4 is 16.0 Å². The van der Waals surface area contributed by atoms with E-state index in [1.165, 1.54) is 25.8 Å². The number of aromatic nitrogens is 2. The minimum Gasteiger partial charge on any atom is -0.465 e. The fourth-order valence-corrected chi connectivity index (χ4v) is 5.06. The lowest BCUT2D eigenvalue weighted by molar-refractivity contribution is -0.142. The number of nitrogens with one attached hydrogen (secondary N) is 3. The molecule has 248 valence electrons. The first-order valence-electron chi connectivity index (χ1n) is 14.9. The highest BCUT2D eigenvalue weighted by Crippen LogP contribution is 2.33. The van der Waals surface area contributed by atoms with Gasteiger partial charge in [0.1, 0.15) is 28.3 Å². The molecule has 3 amide bonds. The van der Waals surface area contributed by atoms with Gasteiger partial charge in [-0.2, -0.15) is 0 Å². The van der Waals surface area contributed by atoms with Crippen LogP contribution in [0.1, 0.15) is 63.7 Å². The molecule has 3 aromatic rings. The molecule has 2 aromatic carbocycles. The number of carbonyl (C=O) groups is 4. The maximum absolute atomic E-state index is 13.5. The fourth-order valence-electron chi connectivity index (χ4n) is 4.04. The number of aryl methyl sites for hydroxylation is 1. The van der Waals surface area contributed by atoms with Crippen LogP contribution in [0.2, 0.25) is 0 Å². The normalized spacial score (nSPS) is 12.8. The van der Waals surface area contributed by atoms with Crippen molar-refractivity contribution in [1.29, 1.82) is 0 Å². The number of anilines is 1. The standard InChI is InChI=1S/C33H43N5O7S/c1-8-44-29(40)27(24-17-13-10-14-18-24)46-38-19-26(34-22(38)2)36-28(39)25(21-43-20-23-15-11-9-12-16-23)35-30(41)33(6,7)37-31(42)45-32(3,4)5/h9-19,25,27H,8,20-21H2,1-7H3,(H,35,41)(H,36,39)(H,37,42)/t25-,27?/m1/s1. The quantitative estimate of drug-likeness (QED) is 0.206. The monoisotopic (exact) mass is 653 g/mol. The number of carbonyl (C=O) groups excluding carboxylic acids is 4. The Morgan fingerprint density at radius 1 is 0.957 bits per heavy atom. The van der Waals surface area contributed by atoms with E-state index in [0.29, 0.717) is 5.82 Å². The third-order valence-corrected chi connectivity index (χ3v) is 7.59. The third-order valence-electron chi connectivity index (χ3n) is 6.31. The zero-order valence-corrected chi connectivity index (χ0v) is 28.1. The lowest BCUT2D eigenvalue weighted by Gasteiger charge is -2.29. The smallest absolute Gasteiger partial charge is 0.408 e. The first-order chi connectivity index (χ1) is 21.7. The molecule has 3 rings (SSSR count). The summed E-state index contributed by atoms with van der Waals surface area (Å²) in [5.41, 5.74) is -0.539. The number of rotatable bonds is 14. The van der Waals surface area contributed by atoms with Gasteiger partial charge in [0, 0.05) is 0 Å². The lowest BCUT2D eigenvalue weighted by atomic mass is 10.0. The second-order valence-electron chi connectivity index (χ2n) is 11.9. The second kappa shape index (κ2) is 16.3. The molecule has 0 spiro atoms. The van der Waals surface area contributed by atoms with Crippen LogP contribution in [0.5, 0.6) is 0 Å². The van der Waals surface area contributed by atoms with Crippen molar-refractivity contribution in [1.82, 2.24) is 19.6 Å². The van der Waals surface area contributed by atoms with Crippen molar-refractivity contribution in [3.05, 3.63) is 83.8 Å². The molecule has 0 fully saturated rings. The van der Waals surface area contributed by atoms with E-state index in [9.17, 15) is 19.2 Å². The molecule has 0 radical (unpaired) electrons. The summed E-state index contributed by atoms with van der Waals surface area (Å²) < 4.78 is 18.1. The number of ether oxygens (including phenoxy) is 3. The number of nitrogens with zero attached hydrogens (tertiary/aromatic N) is 2. The van der Waals surface area contributed by atoms with Crippen LogP contribution >= 0.6 is 11.9 Å². The zero-order valence-electron chi connectivity index (χ0n) is 27.3. The van der Waals surface area contributed by atoms with E-state index in [0.717, 1.165) is 11.1 Å². The van der Waals surface area contributed by atoms with Crippen molar-refractivity contribution < 1.29 is 33.4 Å². The number of esters is 1. The molecule has 12 nitrogen and oxygen atoms in total. The number of hydrogen-bond acceptors (Lipinski definition) is 9. The van der Waals surface area contributed by atoms with E-state index in [4.69, 9.17) is 14.2 Å². The second-order valence-corrected chi connectivity index (χ2v) is 13.0. The van der Waals surface area contributed by atoms with Gasteiger partial charge in [-0.1, -0.05) is 60.7 Å². The Morgan fingerprint density at radius 3 is 2.20 bits per heavy atom. The summed E-state index contributed by atoms with van der Waals surface area (Å²) in [4.78, 5) is 56.5. The van der Waals surface area contributed by atoms with Gasteiger partial charge in [-0.05, 0) is 71.5 Å². The Bertz CT molecular complexity index is 1470. The maximum atomic E-state index is 13.5. The first-order valence-corrected chi connectivity index (χ1v) is 15.7. The largest absolute Gasteiger partial charge is 0.465 e. The van der Waals surface area contributed by atoms with Crippen molar-refractivity contribution >= 4 is 41.6 Å². The Morgan fingerprint density at radius 2 is 1.59 bits per heavy atom. The first kappa shape index (κ1) is 36.1. The average Bonchev–Trinajstić information content (AvgIpc) is 3.32. The topological polar surface area (TPSA) is 150 Å². The van der Waals surface area contributed by atoms with E-state index in [-0.39, 0.29) is 25.6 Å². The van der Waals surface area contributed by atoms with Gasteiger partial charge in [0.2, 0.25) is 5.91 Å². The van der Waals surface area contributed by atoms with Crippen LogP contribution in [0.15, 0.2) is 66.9 Å². The van der Waals surface area contributed by atoms with E-state index >= 15 is 0 Å². The molecule has 0 saturated heterocycles. The van der Waals surface area contributed by atoms with Crippen molar-refractivity contribution in [2.24, 2.45) is 0 Å². The summed E-state index contributed by atoms with van der Waals surface area (Å²) in [5, 5.41) is 7.31. The molecule has 0 saturated carbocycles. The molecule has 1 heterocycles. The van der Waals surface area contributed by atoms with Gasteiger partial charge < -0.3 is 30.2 Å². The van der Waals surface area contributed by atoms with Crippen molar-refractivity contribution in [2.75, 3.05) is 18.5 Å². The molecule has 3 N–H and O–H groups in total. The van der Waals surface area contributed by atoms with Crippen LogP contribution in [0.4, 0.5) is 10.6 Å². The van der Waals surface area contributed by atoms with Gasteiger partial charge in [0.25, 0.3) is 5.91 Å². The highest BCUT2D eigenvalue weighted by molar-refractivity contribution is 7.98. The summed E-state index contributed by atoms with van der Waals surface area (Å²) in [5.74, 6) is -0.889. The minimum atomic E-state index is -1.42. The van der Waals surface area contributed by atoms with E-state index in [2.05, 4.69) is 20.9 Å². The van der Waals surface area contributed by atoms with Crippen LogP contribution in [0.25, 0.3) is 0 Å². The summed E-state index contributed by atoms with van der Waals surface area (Å²) >= 11 is 1.19. The van der Waals surface area contributed by atoms with Gasteiger partial charge >= 0.3 is 12.1 Å². The van der Waals surface area contributed by atoms with Crippen molar-refractivity contribution in [3.8, 4) is 0 Å². The summed E-state index contributed by atoms with van der Waals surface area (Å²) in [6.07, 6.45) is 0.814. The van der Waals surface area contributed by atoms with E-state index < -0.39 is 46.3 Å². The molecule has 46 heavy (non-hydrogen) atoms. The summed E-state index contributed by atoms with van der Waals surface area (Å²) in [6, 6.07) is 17.5. The molecule has 0 aliphatic heterocycles. The van der Waals surface area contributed by atoms with Crippen LogP contribution in [-0.4, -0.2) is 63.2 Å². The number of benzene rings is 2. The Labute approximate surface area is 274 Å².